The SMILES string of the molecule is Cc1ccc([N+](=O)[O-])cc1N(CC(=O)N(Cc1ccccc1)[C@@H](Cc1ccccc1)C(=O)NC(C)(C)C)S(C)(=O)=O. The summed E-state index contributed by atoms with van der Waals surface area (Å²) in [6, 6.07) is 21.2. The molecule has 0 heterocycles. The number of nitrogens with one attached hydrogen (secondary N) is 1. The Morgan fingerprint density at radius 1 is 0.951 bits per heavy atom. The van der Waals surface area contributed by atoms with Crippen molar-refractivity contribution in [1.82, 2.24) is 10.2 Å². The number of carbonyl (C=O) groups is 2. The molecule has 0 spiro atoms. The van der Waals surface area contributed by atoms with Crippen molar-refractivity contribution in [3.8, 4) is 0 Å². The maximum Gasteiger partial charge on any atom is 0.271 e. The number of non-ortho nitro benzene ring substituents is 1. The van der Waals surface area contributed by atoms with E-state index in [9.17, 15) is 28.1 Å². The summed E-state index contributed by atoms with van der Waals surface area (Å²) < 4.78 is 26.8. The van der Waals surface area contributed by atoms with Gasteiger partial charge in [0.2, 0.25) is 21.8 Å². The summed E-state index contributed by atoms with van der Waals surface area (Å²) in [5.74, 6) is -1.02. The summed E-state index contributed by atoms with van der Waals surface area (Å²) in [7, 11) is -4.06. The van der Waals surface area contributed by atoms with E-state index in [4.69, 9.17) is 0 Å². The van der Waals surface area contributed by atoms with E-state index in [-0.39, 0.29) is 30.2 Å². The molecule has 0 unspecified atom stereocenters. The molecule has 0 fully saturated rings. The van der Waals surface area contributed by atoms with E-state index in [1.54, 1.807) is 6.92 Å². The Morgan fingerprint density at radius 2 is 1.51 bits per heavy atom. The van der Waals surface area contributed by atoms with Crippen LogP contribution in [-0.4, -0.2) is 54.4 Å². The lowest BCUT2D eigenvalue weighted by molar-refractivity contribution is -0.384. The van der Waals surface area contributed by atoms with Crippen molar-refractivity contribution in [1.29, 1.82) is 0 Å². The van der Waals surface area contributed by atoms with Crippen molar-refractivity contribution in [3.05, 3.63) is 106 Å². The molecule has 0 radical (unpaired) electrons. The maximum atomic E-state index is 14.1. The summed E-state index contributed by atoms with van der Waals surface area (Å²) in [5.41, 5.74) is 1.14. The number of carbonyl (C=O) groups excluding carboxylic acids is 2. The first-order valence-electron chi connectivity index (χ1n) is 13.1. The van der Waals surface area contributed by atoms with Crippen LogP contribution in [-0.2, 0) is 32.6 Å². The molecule has 218 valence electrons. The van der Waals surface area contributed by atoms with Crippen LogP contribution in [0.15, 0.2) is 78.9 Å². The summed E-state index contributed by atoms with van der Waals surface area (Å²) in [5, 5.41) is 14.4. The molecule has 3 aromatic rings. The number of hydrogen-bond donors (Lipinski definition) is 1. The number of amides is 2. The summed E-state index contributed by atoms with van der Waals surface area (Å²) in [6.07, 6.45) is 1.13. The van der Waals surface area contributed by atoms with Crippen molar-refractivity contribution in [2.75, 3.05) is 17.1 Å². The third-order valence-electron chi connectivity index (χ3n) is 6.32. The Labute approximate surface area is 241 Å². The van der Waals surface area contributed by atoms with E-state index in [2.05, 4.69) is 5.32 Å². The predicted molar refractivity (Wildman–Crippen MR) is 159 cm³/mol. The first-order chi connectivity index (χ1) is 19.2. The first-order valence-corrected chi connectivity index (χ1v) is 14.9. The number of rotatable bonds is 11. The molecule has 0 aliphatic carbocycles. The van der Waals surface area contributed by atoms with Gasteiger partial charge in [0.25, 0.3) is 5.69 Å². The largest absolute Gasteiger partial charge is 0.350 e. The van der Waals surface area contributed by atoms with Gasteiger partial charge in [-0.1, -0.05) is 66.7 Å². The van der Waals surface area contributed by atoms with Gasteiger partial charge in [-0.2, -0.15) is 0 Å². The highest BCUT2D eigenvalue weighted by molar-refractivity contribution is 7.92. The van der Waals surface area contributed by atoms with Gasteiger partial charge in [0.1, 0.15) is 12.6 Å². The first kappa shape index (κ1) is 31.3. The number of sulfonamides is 1. The van der Waals surface area contributed by atoms with Crippen LogP contribution in [0.4, 0.5) is 11.4 Å². The molecule has 0 bridgehead atoms. The van der Waals surface area contributed by atoms with Crippen molar-refractivity contribution in [2.45, 2.75) is 52.2 Å². The molecule has 2 amide bonds. The molecule has 10 nitrogen and oxygen atoms in total. The van der Waals surface area contributed by atoms with Gasteiger partial charge in [-0.05, 0) is 44.4 Å². The summed E-state index contributed by atoms with van der Waals surface area (Å²) in [4.78, 5) is 40.0. The molecular formula is C30H36N4O6S. The highest BCUT2D eigenvalue weighted by Gasteiger charge is 2.34. The lowest BCUT2D eigenvalue weighted by Crippen LogP contribution is -2.56. The monoisotopic (exact) mass is 580 g/mol. The fourth-order valence-corrected chi connectivity index (χ4v) is 5.26. The van der Waals surface area contributed by atoms with Gasteiger partial charge >= 0.3 is 0 Å². The van der Waals surface area contributed by atoms with Crippen LogP contribution in [0, 0.1) is 17.0 Å². The number of nitro groups is 1. The van der Waals surface area contributed by atoms with Gasteiger partial charge in [-0.15, -0.1) is 0 Å². The zero-order chi connectivity index (χ0) is 30.4. The molecular weight excluding hydrogens is 544 g/mol. The zero-order valence-corrected chi connectivity index (χ0v) is 24.7. The lowest BCUT2D eigenvalue weighted by atomic mass is 10.0. The summed E-state index contributed by atoms with van der Waals surface area (Å²) in [6.45, 7) is 6.51. The molecule has 1 atom stereocenters. The quantitative estimate of drug-likeness (QED) is 0.267. The van der Waals surface area contributed by atoms with Crippen LogP contribution in [0.2, 0.25) is 0 Å². The van der Waals surface area contributed by atoms with E-state index in [0.29, 0.717) is 5.56 Å². The minimum absolute atomic E-state index is 0.0217. The molecule has 1 N–H and O–H groups in total. The highest BCUT2D eigenvalue weighted by atomic mass is 32.2. The van der Waals surface area contributed by atoms with E-state index in [1.807, 2.05) is 81.4 Å². The minimum atomic E-state index is -4.06. The fraction of sp³-hybridized carbons (Fsp3) is 0.333. The Hall–Kier alpha value is -4.25. The van der Waals surface area contributed by atoms with Crippen LogP contribution < -0.4 is 9.62 Å². The number of nitrogens with zero attached hydrogens (tertiary/aromatic N) is 3. The third-order valence-corrected chi connectivity index (χ3v) is 7.44. The van der Waals surface area contributed by atoms with Gasteiger partial charge in [0.05, 0.1) is 16.9 Å². The number of hydrogen-bond acceptors (Lipinski definition) is 6. The van der Waals surface area contributed by atoms with Crippen LogP contribution in [0.3, 0.4) is 0 Å². The van der Waals surface area contributed by atoms with Gasteiger partial charge in [0, 0.05) is 30.6 Å². The Balaban J connectivity index is 2.10. The van der Waals surface area contributed by atoms with E-state index in [1.165, 1.54) is 17.0 Å². The third kappa shape index (κ3) is 8.87. The molecule has 0 aliphatic rings. The average Bonchev–Trinajstić information content (AvgIpc) is 2.89. The second kappa shape index (κ2) is 12.9. The van der Waals surface area contributed by atoms with Crippen LogP contribution in [0.5, 0.6) is 0 Å². The Morgan fingerprint density at radius 3 is 2.02 bits per heavy atom. The van der Waals surface area contributed by atoms with Gasteiger partial charge in [0.15, 0.2) is 0 Å². The van der Waals surface area contributed by atoms with Crippen molar-refractivity contribution in [3.63, 3.8) is 0 Å². The molecule has 11 heteroatoms. The second-order valence-corrected chi connectivity index (χ2v) is 12.9. The second-order valence-electron chi connectivity index (χ2n) is 10.9. The molecule has 41 heavy (non-hydrogen) atoms. The summed E-state index contributed by atoms with van der Waals surface area (Å²) >= 11 is 0. The smallest absolute Gasteiger partial charge is 0.271 e. The molecule has 0 aliphatic heterocycles. The van der Waals surface area contributed by atoms with Crippen LogP contribution >= 0.6 is 0 Å². The minimum Gasteiger partial charge on any atom is -0.350 e. The van der Waals surface area contributed by atoms with Crippen molar-refractivity contribution >= 4 is 33.2 Å². The molecule has 3 aromatic carbocycles. The van der Waals surface area contributed by atoms with E-state index >= 15 is 0 Å². The van der Waals surface area contributed by atoms with Crippen molar-refractivity contribution < 1.29 is 22.9 Å². The Kier molecular flexibility index (Phi) is 9.88. The van der Waals surface area contributed by atoms with E-state index in [0.717, 1.165) is 27.8 Å². The van der Waals surface area contributed by atoms with Crippen LogP contribution in [0.1, 0.15) is 37.5 Å². The molecule has 0 saturated carbocycles. The van der Waals surface area contributed by atoms with E-state index < -0.39 is 39.0 Å². The van der Waals surface area contributed by atoms with Gasteiger partial charge < -0.3 is 10.2 Å². The van der Waals surface area contributed by atoms with Gasteiger partial charge in [-0.25, -0.2) is 8.42 Å². The standard InChI is InChI=1S/C30H36N4O6S/c1-22-16-17-25(34(37)38)19-26(22)33(41(5,39)40)21-28(35)32(20-24-14-10-7-11-15-24)27(29(36)31-30(2,3)4)18-23-12-8-6-9-13-23/h6-17,19,27H,18,20-21H2,1-5H3,(H,31,36)/t27-/m0/s1. The number of anilines is 1. The number of nitro benzene ring substituents is 1. The normalized spacial score (nSPS) is 12.3. The molecule has 0 saturated heterocycles. The Bertz CT molecular complexity index is 1490. The fourth-order valence-electron chi connectivity index (χ4n) is 4.36. The average molecular weight is 581 g/mol. The number of aryl methyl sites for hydroxylation is 1. The maximum absolute atomic E-state index is 14.1. The lowest BCUT2D eigenvalue weighted by Gasteiger charge is -2.35. The molecule has 0 aromatic heterocycles. The predicted octanol–water partition coefficient (Wildman–Crippen LogP) is 4.22. The van der Waals surface area contributed by atoms with Gasteiger partial charge in [-0.3, -0.25) is 24.0 Å². The topological polar surface area (TPSA) is 130 Å². The van der Waals surface area contributed by atoms with Crippen molar-refractivity contribution in [2.24, 2.45) is 0 Å². The number of benzene rings is 3. The zero-order valence-electron chi connectivity index (χ0n) is 23.9. The highest BCUT2D eigenvalue weighted by Crippen LogP contribution is 2.28. The molecule has 3 rings (SSSR count). The van der Waals surface area contributed by atoms with Crippen LogP contribution in [0.25, 0.3) is 0 Å².